The van der Waals surface area contributed by atoms with Crippen molar-refractivity contribution in [2.75, 3.05) is 6.61 Å². The molecule has 0 bridgehead atoms. The van der Waals surface area contributed by atoms with Crippen molar-refractivity contribution in [1.29, 1.82) is 0 Å². The minimum Gasteiger partial charge on any atom is -0.396 e. The highest BCUT2D eigenvalue weighted by atomic mass is 16.3. The Kier molecular flexibility index (Phi) is 12.3. The van der Waals surface area contributed by atoms with Crippen LogP contribution in [0.4, 0.5) is 0 Å². The molecule has 0 saturated carbocycles. The summed E-state index contributed by atoms with van der Waals surface area (Å²) in [5.41, 5.74) is 0. The first kappa shape index (κ1) is 16.9. The Morgan fingerprint density at radius 3 is 1.65 bits per heavy atom. The summed E-state index contributed by atoms with van der Waals surface area (Å²) >= 11 is 0. The predicted octanol–water partition coefficient (Wildman–Crippen LogP) is 2.62. The minimum atomic E-state index is -0.327. The summed E-state index contributed by atoms with van der Waals surface area (Å²) in [4.78, 5) is 0. The Labute approximate surface area is 106 Å². The molecule has 0 aromatic rings. The summed E-state index contributed by atoms with van der Waals surface area (Å²) in [7, 11) is 0. The third kappa shape index (κ3) is 12.1. The van der Waals surface area contributed by atoms with E-state index in [0.29, 0.717) is 6.42 Å². The Hall–Kier alpha value is -0.120. The Balaban J connectivity index is 3.13. The molecule has 3 heteroatoms. The van der Waals surface area contributed by atoms with Crippen molar-refractivity contribution in [2.45, 2.75) is 83.3 Å². The van der Waals surface area contributed by atoms with Crippen LogP contribution >= 0.6 is 0 Å². The molecule has 2 unspecified atom stereocenters. The van der Waals surface area contributed by atoms with Crippen LogP contribution in [0.1, 0.15) is 71.1 Å². The van der Waals surface area contributed by atoms with Crippen LogP contribution in [0.5, 0.6) is 0 Å². The van der Waals surface area contributed by atoms with E-state index in [4.69, 9.17) is 5.11 Å². The monoisotopic (exact) mass is 246 g/mol. The summed E-state index contributed by atoms with van der Waals surface area (Å²) < 4.78 is 0. The molecule has 17 heavy (non-hydrogen) atoms. The maximum atomic E-state index is 9.53. The molecule has 2 atom stereocenters. The van der Waals surface area contributed by atoms with Gasteiger partial charge in [-0.2, -0.15) is 0 Å². The molecule has 0 aromatic heterocycles. The molecule has 0 fully saturated rings. The van der Waals surface area contributed by atoms with E-state index in [2.05, 4.69) is 6.92 Å². The molecular formula is C14H30O3. The fourth-order valence-electron chi connectivity index (χ4n) is 2.06. The number of aliphatic hydroxyl groups excluding tert-OH is 3. The molecule has 3 nitrogen and oxygen atoms in total. The highest BCUT2D eigenvalue weighted by molar-refractivity contribution is 4.57. The lowest BCUT2D eigenvalue weighted by Crippen LogP contribution is -2.08. The summed E-state index contributed by atoms with van der Waals surface area (Å²) in [6.45, 7) is 2.18. The summed E-state index contributed by atoms with van der Waals surface area (Å²) in [5.74, 6) is 0. The van der Waals surface area contributed by atoms with Gasteiger partial charge in [-0.15, -0.1) is 0 Å². The van der Waals surface area contributed by atoms with Crippen molar-refractivity contribution < 1.29 is 15.3 Å². The van der Waals surface area contributed by atoms with Gasteiger partial charge in [0.15, 0.2) is 0 Å². The topological polar surface area (TPSA) is 60.7 Å². The second-order valence-electron chi connectivity index (χ2n) is 4.95. The van der Waals surface area contributed by atoms with Crippen molar-refractivity contribution in [2.24, 2.45) is 0 Å². The maximum absolute atomic E-state index is 9.53. The molecule has 3 N–H and O–H groups in total. The van der Waals surface area contributed by atoms with E-state index in [1.807, 2.05) is 0 Å². The zero-order valence-electron chi connectivity index (χ0n) is 11.3. The lowest BCUT2D eigenvalue weighted by atomic mass is 10.0. The van der Waals surface area contributed by atoms with Gasteiger partial charge in [0.05, 0.1) is 12.2 Å². The smallest absolute Gasteiger partial charge is 0.0562 e. The zero-order valence-corrected chi connectivity index (χ0v) is 11.3. The molecule has 0 saturated heterocycles. The van der Waals surface area contributed by atoms with Crippen LogP contribution in [0.2, 0.25) is 0 Å². The van der Waals surface area contributed by atoms with Crippen LogP contribution in [-0.4, -0.2) is 34.1 Å². The number of aliphatic hydroxyl groups is 3. The van der Waals surface area contributed by atoms with E-state index in [1.54, 1.807) is 0 Å². The van der Waals surface area contributed by atoms with E-state index < -0.39 is 0 Å². The van der Waals surface area contributed by atoms with Crippen molar-refractivity contribution in [3.8, 4) is 0 Å². The fourth-order valence-corrected chi connectivity index (χ4v) is 2.06. The lowest BCUT2D eigenvalue weighted by Gasteiger charge is -2.09. The first-order valence-electron chi connectivity index (χ1n) is 7.17. The van der Waals surface area contributed by atoms with E-state index in [9.17, 15) is 10.2 Å². The normalized spacial score (nSPS) is 14.8. The van der Waals surface area contributed by atoms with Crippen LogP contribution in [0, 0.1) is 0 Å². The molecule has 0 aliphatic carbocycles. The molecule has 0 amide bonds. The summed E-state index contributed by atoms with van der Waals surface area (Å²) in [6, 6.07) is 0. The second-order valence-corrected chi connectivity index (χ2v) is 4.95. The largest absolute Gasteiger partial charge is 0.396 e. The van der Waals surface area contributed by atoms with Crippen LogP contribution in [-0.2, 0) is 0 Å². The molecule has 0 heterocycles. The predicted molar refractivity (Wildman–Crippen MR) is 70.9 cm³/mol. The fraction of sp³-hybridized carbons (Fsp3) is 1.00. The van der Waals surface area contributed by atoms with Gasteiger partial charge in [0, 0.05) is 6.61 Å². The van der Waals surface area contributed by atoms with Crippen molar-refractivity contribution in [3.05, 3.63) is 0 Å². The Bertz CT molecular complexity index is 134. The zero-order chi connectivity index (χ0) is 12.9. The van der Waals surface area contributed by atoms with Crippen LogP contribution < -0.4 is 0 Å². The van der Waals surface area contributed by atoms with Crippen LogP contribution in [0.15, 0.2) is 0 Å². The number of rotatable bonds is 12. The standard InChI is InChI=1S/C14H30O3/c1-2-8-13(16)9-6-4-3-5-7-10-14(17)11-12-15/h13-17H,2-12H2,1H3. The SMILES string of the molecule is CCCC(O)CCCCCCCC(O)CCO. The van der Waals surface area contributed by atoms with Gasteiger partial charge >= 0.3 is 0 Å². The van der Waals surface area contributed by atoms with E-state index in [-0.39, 0.29) is 18.8 Å². The van der Waals surface area contributed by atoms with E-state index >= 15 is 0 Å². The van der Waals surface area contributed by atoms with Crippen molar-refractivity contribution in [3.63, 3.8) is 0 Å². The third-order valence-corrected chi connectivity index (χ3v) is 3.16. The average Bonchev–Trinajstić information content (AvgIpc) is 2.28. The van der Waals surface area contributed by atoms with Gasteiger partial charge in [0.1, 0.15) is 0 Å². The van der Waals surface area contributed by atoms with Gasteiger partial charge in [-0.1, -0.05) is 45.4 Å². The van der Waals surface area contributed by atoms with Crippen molar-refractivity contribution in [1.82, 2.24) is 0 Å². The third-order valence-electron chi connectivity index (χ3n) is 3.16. The highest BCUT2D eigenvalue weighted by Gasteiger charge is 2.03. The van der Waals surface area contributed by atoms with Gasteiger partial charge in [-0.3, -0.25) is 0 Å². The number of unbranched alkanes of at least 4 members (excludes halogenated alkanes) is 4. The number of hydrogen-bond donors (Lipinski definition) is 3. The molecule has 0 radical (unpaired) electrons. The average molecular weight is 246 g/mol. The Morgan fingerprint density at radius 1 is 0.706 bits per heavy atom. The molecule has 0 aliphatic heterocycles. The van der Waals surface area contributed by atoms with Gasteiger partial charge in [0.2, 0.25) is 0 Å². The summed E-state index contributed by atoms with van der Waals surface area (Å²) in [6.07, 6.45) is 9.45. The first-order chi connectivity index (χ1) is 8.20. The molecule has 104 valence electrons. The highest BCUT2D eigenvalue weighted by Crippen LogP contribution is 2.12. The van der Waals surface area contributed by atoms with E-state index in [1.165, 1.54) is 12.8 Å². The quantitative estimate of drug-likeness (QED) is 0.464. The van der Waals surface area contributed by atoms with E-state index in [0.717, 1.165) is 44.9 Å². The molecule has 0 aromatic carbocycles. The van der Waals surface area contributed by atoms with Gasteiger partial charge in [-0.05, 0) is 25.7 Å². The second kappa shape index (κ2) is 12.3. The van der Waals surface area contributed by atoms with Gasteiger partial charge in [0.25, 0.3) is 0 Å². The number of hydrogen-bond acceptors (Lipinski definition) is 3. The minimum absolute atomic E-state index is 0.0798. The lowest BCUT2D eigenvalue weighted by molar-refractivity contribution is 0.122. The molecule has 0 rings (SSSR count). The summed E-state index contributed by atoms with van der Waals surface area (Å²) in [5, 5.41) is 27.5. The molecule has 0 spiro atoms. The maximum Gasteiger partial charge on any atom is 0.0562 e. The molecule has 0 aliphatic rings. The Morgan fingerprint density at radius 2 is 1.18 bits per heavy atom. The first-order valence-corrected chi connectivity index (χ1v) is 7.17. The van der Waals surface area contributed by atoms with Crippen LogP contribution in [0.3, 0.4) is 0 Å². The van der Waals surface area contributed by atoms with Crippen molar-refractivity contribution >= 4 is 0 Å². The van der Waals surface area contributed by atoms with Crippen LogP contribution in [0.25, 0.3) is 0 Å². The van der Waals surface area contributed by atoms with Gasteiger partial charge in [-0.25, -0.2) is 0 Å². The molecular weight excluding hydrogens is 216 g/mol. The van der Waals surface area contributed by atoms with Gasteiger partial charge < -0.3 is 15.3 Å².